The average molecular weight is 257 g/mol. The third kappa shape index (κ3) is 1.65. The van der Waals surface area contributed by atoms with E-state index in [1.165, 1.54) is 29.3 Å². The van der Waals surface area contributed by atoms with Crippen LogP contribution < -0.4 is 0 Å². The molecular formula is C11H14BrP. The van der Waals surface area contributed by atoms with E-state index in [1.54, 1.807) is 10.9 Å². The van der Waals surface area contributed by atoms with Crippen molar-refractivity contribution in [1.29, 1.82) is 0 Å². The fourth-order valence-electron chi connectivity index (χ4n) is 1.97. The number of allylic oxidation sites excluding steroid dienone is 1. The van der Waals surface area contributed by atoms with Gasteiger partial charge in [0.05, 0.1) is 0 Å². The maximum Gasteiger partial charge on any atom is 0.0293 e. The van der Waals surface area contributed by atoms with E-state index in [0.29, 0.717) is 0 Å². The van der Waals surface area contributed by atoms with Crippen molar-refractivity contribution in [3.05, 3.63) is 26.7 Å². The predicted molar refractivity (Wildman–Crippen MR) is 64.4 cm³/mol. The Balaban J connectivity index is 2.33. The van der Waals surface area contributed by atoms with Crippen LogP contribution in [0.2, 0.25) is 0 Å². The number of fused-ring (bicyclic) bond motifs is 1. The van der Waals surface area contributed by atoms with E-state index in [2.05, 4.69) is 41.4 Å². The highest BCUT2D eigenvalue weighted by Gasteiger charge is 2.17. The number of hydrogen-bond donors (Lipinski definition) is 0. The molecule has 0 N–H and O–H groups in total. The number of halogens is 1. The number of aryl methyl sites for hydroxylation is 1. The molecule has 0 nitrogen and oxygen atoms in total. The summed E-state index contributed by atoms with van der Waals surface area (Å²) in [7, 11) is 0.0365. The molecule has 1 atom stereocenters. The van der Waals surface area contributed by atoms with Crippen LogP contribution in [-0.4, -0.2) is 0 Å². The zero-order chi connectivity index (χ0) is 9.42. The van der Waals surface area contributed by atoms with Gasteiger partial charge in [0.1, 0.15) is 0 Å². The molecule has 1 aliphatic rings. The molecule has 1 heterocycles. The Morgan fingerprint density at radius 2 is 2.31 bits per heavy atom. The van der Waals surface area contributed by atoms with Gasteiger partial charge in [0.15, 0.2) is 0 Å². The molecule has 0 aliphatic heterocycles. The van der Waals surface area contributed by atoms with Crippen LogP contribution in [0, 0.1) is 0 Å². The zero-order valence-electron chi connectivity index (χ0n) is 8.10. The van der Waals surface area contributed by atoms with Gasteiger partial charge in [-0.1, -0.05) is 25.0 Å². The standard InChI is InChI=1S/C11H14BrP/c1-3-4-8-5-9-10(12)7-13(2)11(9)6-8/h5,7H,3-4,6H2,1-2H3. The first-order valence-corrected chi connectivity index (χ1v) is 7.40. The van der Waals surface area contributed by atoms with Gasteiger partial charge in [0, 0.05) is 4.47 Å². The van der Waals surface area contributed by atoms with Crippen LogP contribution in [0.25, 0.3) is 6.08 Å². The van der Waals surface area contributed by atoms with Crippen molar-refractivity contribution >= 4 is 29.5 Å². The van der Waals surface area contributed by atoms with Crippen LogP contribution in [0.1, 0.15) is 30.6 Å². The van der Waals surface area contributed by atoms with Crippen molar-refractivity contribution in [2.45, 2.75) is 26.2 Å². The lowest BCUT2D eigenvalue weighted by Crippen LogP contribution is -1.80. The van der Waals surface area contributed by atoms with Crippen LogP contribution >= 0.6 is 23.5 Å². The highest BCUT2D eigenvalue weighted by atomic mass is 79.9. The molecule has 2 rings (SSSR count). The molecule has 0 saturated heterocycles. The minimum absolute atomic E-state index is 0.0365. The van der Waals surface area contributed by atoms with Gasteiger partial charge in [-0.15, -0.1) is 7.53 Å². The Hall–Kier alpha value is -0.0000000000000000555. The monoisotopic (exact) mass is 256 g/mol. The fourth-order valence-corrected chi connectivity index (χ4v) is 5.05. The van der Waals surface area contributed by atoms with Crippen LogP contribution in [-0.2, 0) is 13.1 Å². The Morgan fingerprint density at radius 1 is 1.54 bits per heavy atom. The number of rotatable bonds is 2. The average Bonchev–Trinajstić information content (AvgIpc) is 2.57. The molecule has 70 valence electrons. The lowest BCUT2D eigenvalue weighted by molar-refractivity contribution is 0.889. The first-order chi connectivity index (χ1) is 6.22. The Kier molecular flexibility index (Phi) is 2.67. The van der Waals surface area contributed by atoms with E-state index in [0.717, 1.165) is 0 Å². The first kappa shape index (κ1) is 9.55. The van der Waals surface area contributed by atoms with Crippen LogP contribution in [0.3, 0.4) is 0 Å². The van der Waals surface area contributed by atoms with Crippen molar-refractivity contribution in [1.82, 2.24) is 0 Å². The van der Waals surface area contributed by atoms with Gasteiger partial charge in [0.25, 0.3) is 0 Å². The normalized spacial score (nSPS) is 15.9. The third-order valence-electron chi connectivity index (χ3n) is 2.62. The van der Waals surface area contributed by atoms with Crippen LogP contribution in [0.5, 0.6) is 0 Å². The van der Waals surface area contributed by atoms with E-state index in [4.69, 9.17) is 0 Å². The molecule has 2 heteroatoms. The lowest BCUT2D eigenvalue weighted by atomic mass is 10.1. The van der Waals surface area contributed by atoms with Crippen molar-refractivity contribution in [3.63, 3.8) is 0 Å². The van der Waals surface area contributed by atoms with E-state index >= 15 is 0 Å². The summed E-state index contributed by atoms with van der Waals surface area (Å²) in [6.45, 7) is 4.60. The number of hydrogen-bond acceptors (Lipinski definition) is 0. The van der Waals surface area contributed by atoms with Crippen LogP contribution in [0.15, 0.2) is 15.8 Å². The first-order valence-electron chi connectivity index (χ1n) is 4.75. The molecule has 0 amide bonds. The van der Waals surface area contributed by atoms with Crippen molar-refractivity contribution < 1.29 is 0 Å². The second kappa shape index (κ2) is 3.63. The predicted octanol–water partition coefficient (Wildman–Crippen LogP) is 4.71. The topological polar surface area (TPSA) is 0 Å². The molecule has 1 aromatic rings. The molecule has 0 saturated carbocycles. The quantitative estimate of drug-likeness (QED) is 0.719. The van der Waals surface area contributed by atoms with Crippen molar-refractivity contribution in [3.8, 4) is 0 Å². The largest absolute Gasteiger partial charge is 0.123 e. The summed E-state index contributed by atoms with van der Waals surface area (Å²) >= 11 is 3.64. The van der Waals surface area contributed by atoms with Crippen molar-refractivity contribution in [2.24, 2.45) is 6.66 Å². The van der Waals surface area contributed by atoms with E-state index in [1.807, 2.05) is 0 Å². The van der Waals surface area contributed by atoms with E-state index in [-0.39, 0.29) is 7.53 Å². The molecule has 1 aromatic heterocycles. The molecule has 0 spiro atoms. The Bertz CT molecular complexity index is 360. The van der Waals surface area contributed by atoms with Gasteiger partial charge >= 0.3 is 0 Å². The maximum atomic E-state index is 3.64. The van der Waals surface area contributed by atoms with E-state index < -0.39 is 0 Å². The SMILES string of the molecule is CCCC1=Cc2c(Br)cp(C)c2C1. The molecule has 0 bridgehead atoms. The minimum Gasteiger partial charge on any atom is -0.123 e. The molecule has 0 aromatic carbocycles. The maximum absolute atomic E-state index is 3.64. The summed E-state index contributed by atoms with van der Waals surface area (Å²) in [4.78, 5) is 0. The zero-order valence-corrected chi connectivity index (χ0v) is 10.6. The molecule has 1 aliphatic carbocycles. The molecule has 1 unspecified atom stereocenters. The summed E-state index contributed by atoms with van der Waals surface area (Å²) < 4.78 is 1.34. The summed E-state index contributed by atoms with van der Waals surface area (Å²) in [6, 6.07) is 0. The minimum atomic E-state index is 0.0365. The smallest absolute Gasteiger partial charge is 0.0293 e. The van der Waals surface area contributed by atoms with Gasteiger partial charge < -0.3 is 0 Å². The molecular weight excluding hydrogens is 243 g/mol. The van der Waals surface area contributed by atoms with Crippen LogP contribution in [0.4, 0.5) is 0 Å². The Labute approximate surface area is 89.2 Å². The second-order valence-corrected chi connectivity index (χ2v) is 6.55. The Morgan fingerprint density at radius 3 is 2.92 bits per heavy atom. The summed E-state index contributed by atoms with van der Waals surface area (Å²) in [6.07, 6.45) is 6.19. The lowest BCUT2D eigenvalue weighted by Gasteiger charge is -1.98. The van der Waals surface area contributed by atoms with Gasteiger partial charge in [-0.05, 0) is 52.1 Å². The fraction of sp³-hybridized carbons (Fsp3) is 0.455. The molecule has 0 fully saturated rings. The van der Waals surface area contributed by atoms with Crippen molar-refractivity contribution in [2.75, 3.05) is 0 Å². The summed E-state index contributed by atoms with van der Waals surface area (Å²) in [5, 5.41) is 1.69. The van der Waals surface area contributed by atoms with Gasteiger partial charge in [-0.25, -0.2) is 0 Å². The third-order valence-corrected chi connectivity index (χ3v) is 5.52. The molecule has 13 heavy (non-hydrogen) atoms. The van der Waals surface area contributed by atoms with E-state index in [9.17, 15) is 0 Å². The summed E-state index contributed by atoms with van der Waals surface area (Å²) in [5.74, 6) is 2.37. The highest BCUT2D eigenvalue weighted by Crippen LogP contribution is 2.46. The molecule has 0 radical (unpaired) electrons. The van der Waals surface area contributed by atoms with Gasteiger partial charge in [-0.2, -0.15) is 0 Å². The van der Waals surface area contributed by atoms with Gasteiger partial charge in [0.2, 0.25) is 0 Å². The highest BCUT2D eigenvalue weighted by molar-refractivity contribution is 9.10. The van der Waals surface area contributed by atoms with Gasteiger partial charge in [-0.3, -0.25) is 0 Å². The summed E-state index contributed by atoms with van der Waals surface area (Å²) in [5.41, 5.74) is 3.13. The second-order valence-electron chi connectivity index (χ2n) is 3.68.